The Labute approximate surface area is 59.9 Å². The van der Waals surface area contributed by atoms with Crippen LogP contribution in [0.5, 0.6) is 0 Å². The second kappa shape index (κ2) is 3.11. The number of rotatable bonds is 2. The first kappa shape index (κ1) is 6.93. The number of hydrogen-bond donors (Lipinski definition) is 0. The second-order valence-corrected chi connectivity index (χ2v) is 1.89. The number of pyridine rings is 1. The number of Topliss-reactive ketones (excluding diaryl/α,β-unsaturated/α-hetero) is 1. The number of hydrogen-bond acceptors (Lipinski definition) is 2. The van der Waals surface area contributed by atoms with Crippen molar-refractivity contribution in [2.75, 3.05) is 0 Å². The molecule has 2 nitrogen and oxygen atoms in total. The Morgan fingerprint density at radius 3 is 2.60 bits per heavy atom. The van der Waals surface area contributed by atoms with Crippen molar-refractivity contribution >= 4 is 5.78 Å². The Morgan fingerprint density at radius 1 is 1.50 bits per heavy atom. The van der Waals surface area contributed by atoms with Gasteiger partial charge in [-0.2, -0.15) is 0 Å². The molecule has 1 heterocycles. The summed E-state index contributed by atoms with van der Waals surface area (Å²) in [6, 6.07) is 3.39. The SMILES string of the molecule is C[CH]C(=O)c1ccncc1. The first-order valence-corrected chi connectivity index (χ1v) is 3.08. The van der Waals surface area contributed by atoms with E-state index in [0.717, 1.165) is 0 Å². The van der Waals surface area contributed by atoms with Gasteiger partial charge >= 0.3 is 0 Å². The van der Waals surface area contributed by atoms with Crippen molar-refractivity contribution < 1.29 is 4.79 Å². The third-order valence-electron chi connectivity index (χ3n) is 1.23. The molecule has 2 heteroatoms. The molecular weight excluding hydrogens is 126 g/mol. The van der Waals surface area contributed by atoms with Crippen LogP contribution in [0.25, 0.3) is 0 Å². The summed E-state index contributed by atoms with van der Waals surface area (Å²) in [5.74, 6) is 0.0439. The molecule has 1 radical (unpaired) electrons. The smallest absolute Gasteiger partial charge is 0.166 e. The summed E-state index contributed by atoms with van der Waals surface area (Å²) in [5, 5.41) is 0. The van der Waals surface area contributed by atoms with Crippen molar-refractivity contribution in [2.24, 2.45) is 0 Å². The topological polar surface area (TPSA) is 30.0 Å². The van der Waals surface area contributed by atoms with E-state index in [0.29, 0.717) is 5.56 Å². The third-order valence-corrected chi connectivity index (χ3v) is 1.23. The zero-order valence-electron chi connectivity index (χ0n) is 5.74. The summed E-state index contributed by atoms with van der Waals surface area (Å²) >= 11 is 0. The minimum absolute atomic E-state index is 0.0439. The van der Waals surface area contributed by atoms with Crippen LogP contribution < -0.4 is 0 Å². The highest BCUT2D eigenvalue weighted by Gasteiger charge is 1.99. The molecule has 0 amide bonds. The minimum Gasteiger partial charge on any atom is -0.294 e. The Bertz CT molecular complexity index is 218. The van der Waals surface area contributed by atoms with Gasteiger partial charge in [0.1, 0.15) is 0 Å². The molecule has 0 aromatic carbocycles. The van der Waals surface area contributed by atoms with Crippen LogP contribution in [0.15, 0.2) is 24.5 Å². The Balaban J connectivity index is 2.85. The third kappa shape index (κ3) is 1.41. The average Bonchev–Trinajstić information content (AvgIpc) is 2.05. The van der Waals surface area contributed by atoms with Crippen LogP contribution in [0.4, 0.5) is 0 Å². The highest BCUT2D eigenvalue weighted by molar-refractivity contribution is 6.01. The molecule has 0 fully saturated rings. The number of ketones is 1. The lowest BCUT2D eigenvalue weighted by molar-refractivity contribution is 0.103. The summed E-state index contributed by atoms with van der Waals surface area (Å²) in [7, 11) is 0. The summed E-state index contributed by atoms with van der Waals surface area (Å²) < 4.78 is 0. The predicted octanol–water partition coefficient (Wildman–Crippen LogP) is 1.49. The fraction of sp³-hybridized carbons (Fsp3) is 0.125. The molecule has 51 valence electrons. The van der Waals surface area contributed by atoms with E-state index in [1.54, 1.807) is 31.5 Å². The van der Waals surface area contributed by atoms with Gasteiger partial charge in [0, 0.05) is 24.4 Å². The monoisotopic (exact) mass is 134 g/mol. The number of aromatic nitrogens is 1. The summed E-state index contributed by atoms with van der Waals surface area (Å²) in [6.07, 6.45) is 4.75. The van der Waals surface area contributed by atoms with Crippen LogP contribution in [0.1, 0.15) is 17.3 Å². The molecule has 0 aliphatic rings. The lowest BCUT2D eigenvalue weighted by Gasteiger charge is -1.92. The summed E-state index contributed by atoms with van der Waals surface area (Å²) in [5.41, 5.74) is 0.692. The van der Waals surface area contributed by atoms with Crippen LogP contribution in [-0.2, 0) is 0 Å². The molecule has 0 N–H and O–H groups in total. The van der Waals surface area contributed by atoms with Crippen molar-refractivity contribution in [3.05, 3.63) is 36.5 Å². The molecule has 0 bridgehead atoms. The van der Waals surface area contributed by atoms with E-state index in [2.05, 4.69) is 4.98 Å². The van der Waals surface area contributed by atoms with Crippen LogP contribution in [0.3, 0.4) is 0 Å². The quantitative estimate of drug-likeness (QED) is 0.573. The van der Waals surface area contributed by atoms with Gasteiger partial charge in [-0.05, 0) is 12.1 Å². The van der Waals surface area contributed by atoms with Crippen molar-refractivity contribution in [3.63, 3.8) is 0 Å². The number of carbonyl (C=O) groups excluding carboxylic acids is 1. The number of carbonyl (C=O) groups is 1. The van der Waals surface area contributed by atoms with Gasteiger partial charge in [-0.25, -0.2) is 0 Å². The largest absolute Gasteiger partial charge is 0.294 e. The first-order valence-electron chi connectivity index (χ1n) is 3.08. The predicted molar refractivity (Wildman–Crippen MR) is 38.5 cm³/mol. The van der Waals surface area contributed by atoms with Gasteiger partial charge in [0.25, 0.3) is 0 Å². The molecule has 0 saturated carbocycles. The summed E-state index contributed by atoms with van der Waals surface area (Å²) in [4.78, 5) is 14.7. The van der Waals surface area contributed by atoms with Crippen LogP contribution in [0, 0.1) is 6.42 Å². The lowest BCUT2D eigenvalue weighted by Crippen LogP contribution is -1.95. The lowest BCUT2D eigenvalue weighted by atomic mass is 10.1. The van der Waals surface area contributed by atoms with Crippen molar-refractivity contribution in [2.45, 2.75) is 6.92 Å². The normalized spacial score (nSPS) is 9.30. The second-order valence-electron chi connectivity index (χ2n) is 1.89. The van der Waals surface area contributed by atoms with Crippen molar-refractivity contribution in [3.8, 4) is 0 Å². The van der Waals surface area contributed by atoms with Gasteiger partial charge in [-0.3, -0.25) is 9.78 Å². The van der Waals surface area contributed by atoms with Crippen LogP contribution in [0.2, 0.25) is 0 Å². The molecule has 0 saturated heterocycles. The van der Waals surface area contributed by atoms with E-state index in [4.69, 9.17) is 0 Å². The molecule has 10 heavy (non-hydrogen) atoms. The van der Waals surface area contributed by atoms with E-state index < -0.39 is 0 Å². The highest BCUT2D eigenvalue weighted by Crippen LogP contribution is 1.98. The van der Waals surface area contributed by atoms with Crippen LogP contribution in [-0.4, -0.2) is 10.8 Å². The Morgan fingerprint density at radius 2 is 2.10 bits per heavy atom. The van der Waals surface area contributed by atoms with E-state index in [1.165, 1.54) is 6.42 Å². The molecule has 1 aromatic heterocycles. The molecule has 1 rings (SSSR count). The highest BCUT2D eigenvalue weighted by atomic mass is 16.1. The van der Waals surface area contributed by atoms with E-state index >= 15 is 0 Å². The molecule has 0 aliphatic carbocycles. The minimum atomic E-state index is 0.0439. The zero-order valence-corrected chi connectivity index (χ0v) is 5.74. The Hall–Kier alpha value is -1.18. The van der Waals surface area contributed by atoms with Gasteiger partial charge in [0.15, 0.2) is 5.78 Å². The molecule has 0 spiro atoms. The maximum absolute atomic E-state index is 10.9. The van der Waals surface area contributed by atoms with Gasteiger partial charge in [-0.1, -0.05) is 6.92 Å². The molecule has 0 atom stereocenters. The van der Waals surface area contributed by atoms with E-state index in [1.807, 2.05) is 0 Å². The maximum atomic E-state index is 10.9. The molecule has 0 unspecified atom stereocenters. The molecule has 1 aromatic rings. The van der Waals surface area contributed by atoms with Crippen molar-refractivity contribution in [1.29, 1.82) is 0 Å². The average molecular weight is 134 g/mol. The fourth-order valence-electron chi connectivity index (χ4n) is 0.683. The van der Waals surface area contributed by atoms with Gasteiger partial charge in [0.2, 0.25) is 0 Å². The van der Waals surface area contributed by atoms with Gasteiger partial charge in [0.05, 0.1) is 0 Å². The molecular formula is C8H8NO. The van der Waals surface area contributed by atoms with Crippen LogP contribution >= 0.6 is 0 Å². The van der Waals surface area contributed by atoms with Gasteiger partial charge < -0.3 is 0 Å². The van der Waals surface area contributed by atoms with E-state index in [9.17, 15) is 4.79 Å². The number of nitrogens with zero attached hydrogens (tertiary/aromatic N) is 1. The molecule has 0 aliphatic heterocycles. The first-order chi connectivity index (χ1) is 4.84. The summed E-state index contributed by atoms with van der Waals surface area (Å²) in [6.45, 7) is 1.72. The van der Waals surface area contributed by atoms with E-state index in [-0.39, 0.29) is 5.78 Å². The maximum Gasteiger partial charge on any atom is 0.166 e. The standard InChI is InChI=1S/C8H8NO/c1-2-8(10)7-3-5-9-6-4-7/h2-6H,1H3. The fourth-order valence-corrected chi connectivity index (χ4v) is 0.683. The zero-order chi connectivity index (χ0) is 7.40. The van der Waals surface area contributed by atoms with Gasteiger partial charge in [-0.15, -0.1) is 0 Å². The Kier molecular flexibility index (Phi) is 2.15. The van der Waals surface area contributed by atoms with Crippen molar-refractivity contribution in [1.82, 2.24) is 4.98 Å².